The molecule has 2 amide bonds. The summed E-state index contributed by atoms with van der Waals surface area (Å²) in [4.78, 5) is 31.6. The molecule has 5 nitrogen and oxygen atoms in total. The molecule has 2 unspecified atom stereocenters. The van der Waals surface area contributed by atoms with Crippen LogP contribution in [0.4, 0.5) is 46.5 Å². The Labute approximate surface area is 243 Å². The normalized spacial score (nSPS) is 16.0. The third-order valence-corrected chi connectivity index (χ3v) is 7.67. The zero-order chi connectivity index (χ0) is 31.2. The van der Waals surface area contributed by atoms with Crippen molar-refractivity contribution in [2.24, 2.45) is 5.92 Å². The molecule has 1 heterocycles. The monoisotopic (exact) mass is 663 g/mol. The van der Waals surface area contributed by atoms with E-state index in [2.05, 4.69) is 20.9 Å². The fourth-order valence-electron chi connectivity index (χ4n) is 4.39. The van der Waals surface area contributed by atoms with Crippen molar-refractivity contribution in [1.82, 2.24) is 4.98 Å². The van der Waals surface area contributed by atoms with Crippen molar-refractivity contribution in [3.05, 3.63) is 87.4 Å². The first-order valence-electron chi connectivity index (χ1n) is 12.5. The van der Waals surface area contributed by atoms with Crippen molar-refractivity contribution in [3.8, 4) is 0 Å². The minimum atomic E-state index is -5.54. The number of halogens is 9. The lowest BCUT2D eigenvalue weighted by Crippen LogP contribution is -2.41. The number of nitrogens with one attached hydrogen (secondary N) is 1. The second kappa shape index (κ2) is 11.3. The van der Waals surface area contributed by atoms with Gasteiger partial charge < -0.3 is 10.2 Å². The van der Waals surface area contributed by atoms with Gasteiger partial charge in [-0.25, -0.2) is 8.78 Å². The third kappa shape index (κ3) is 6.13. The van der Waals surface area contributed by atoms with E-state index in [9.17, 15) is 40.3 Å². The number of benzene rings is 2. The number of aromatic nitrogens is 1. The van der Waals surface area contributed by atoms with Gasteiger partial charge >= 0.3 is 12.4 Å². The van der Waals surface area contributed by atoms with Crippen LogP contribution < -0.4 is 10.2 Å². The topological polar surface area (TPSA) is 62.3 Å². The number of pyridine rings is 1. The van der Waals surface area contributed by atoms with Crippen LogP contribution in [0.25, 0.3) is 0 Å². The van der Waals surface area contributed by atoms with Crippen LogP contribution in [0, 0.1) is 11.7 Å². The lowest BCUT2D eigenvalue weighted by Gasteiger charge is -2.30. The van der Waals surface area contributed by atoms with Crippen LogP contribution in [-0.2, 0) is 11.8 Å². The highest BCUT2D eigenvalue weighted by Gasteiger charge is 2.54. The van der Waals surface area contributed by atoms with Crippen molar-refractivity contribution >= 4 is 39.1 Å². The Morgan fingerprint density at radius 2 is 1.64 bits per heavy atom. The molecule has 1 N–H and O–H groups in total. The molecule has 42 heavy (non-hydrogen) atoms. The highest BCUT2D eigenvalue weighted by molar-refractivity contribution is 9.10. The molecular formula is C28H22BrF8N3O2. The fourth-order valence-corrected chi connectivity index (χ4v) is 4.95. The molecule has 1 aliphatic rings. The summed E-state index contributed by atoms with van der Waals surface area (Å²) in [5.74, 6) is -3.14. The average molecular weight is 664 g/mol. The molecule has 1 saturated carbocycles. The summed E-state index contributed by atoms with van der Waals surface area (Å²) in [7, 11) is 0. The second-order valence-corrected chi connectivity index (χ2v) is 10.8. The summed E-state index contributed by atoms with van der Waals surface area (Å²) >= 11 is 2.69. The molecular weight excluding hydrogens is 642 g/mol. The minimum absolute atomic E-state index is 0.0503. The van der Waals surface area contributed by atoms with Gasteiger partial charge in [0.1, 0.15) is 0 Å². The Hall–Kier alpha value is -3.55. The van der Waals surface area contributed by atoms with E-state index in [1.807, 2.05) is 5.32 Å². The van der Waals surface area contributed by atoms with Crippen LogP contribution in [-0.4, -0.2) is 29.0 Å². The largest absolute Gasteiger partial charge is 0.426 e. The number of rotatable bonds is 7. The van der Waals surface area contributed by atoms with Gasteiger partial charge in [0.2, 0.25) is 5.67 Å². The molecule has 1 aliphatic carbocycles. The molecule has 0 saturated heterocycles. The van der Waals surface area contributed by atoms with Crippen LogP contribution in [0.2, 0.25) is 0 Å². The van der Waals surface area contributed by atoms with Gasteiger partial charge in [-0.15, -0.1) is 0 Å². The lowest BCUT2D eigenvalue weighted by atomic mass is 9.94. The number of anilines is 2. The van der Waals surface area contributed by atoms with Gasteiger partial charge in [-0.05, 0) is 90.5 Å². The smallest absolute Gasteiger partial charge is 0.320 e. The number of nitrogens with zero attached hydrogens (tertiary/aromatic N) is 2. The summed E-state index contributed by atoms with van der Waals surface area (Å²) in [6, 6.07) is 6.19. The first kappa shape index (κ1) is 31.4. The Balaban J connectivity index is 1.75. The Morgan fingerprint density at radius 3 is 2.19 bits per heavy atom. The molecule has 0 spiro atoms. The zero-order valence-electron chi connectivity index (χ0n) is 21.9. The maximum atomic E-state index is 15.9. The van der Waals surface area contributed by atoms with Gasteiger partial charge in [-0.1, -0.05) is 6.07 Å². The molecule has 14 heteroatoms. The highest BCUT2D eigenvalue weighted by atomic mass is 79.9. The molecule has 224 valence electrons. The van der Waals surface area contributed by atoms with Crippen LogP contribution in [0.3, 0.4) is 0 Å². The molecule has 0 aliphatic heterocycles. The SMILES string of the molecule is CC(C1CC1)N(C(=O)c1ccncc1)c1cccc(C(=O)Nc2c(Br)cc(C(C)(F)C(F)(F)F)cc2C(F)(F)F)c1F. The molecule has 0 bridgehead atoms. The Morgan fingerprint density at radius 1 is 1.02 bits per heavy atom. The molecule has 2 atom stereocenters. The minimum Gasteiger partial charge on any atom is -0.320 e. The molecule has 3 aromatic rings. The van der Waals surface area contributed by atoms with E-state index >= 15 is 4.39 Å². The van der Waals surface area contributed by atoms with Gasteiger partial charge in [0.15, 0.2) is 5.82 Å². The quantitative estimate of drug-likeness (QED) is 0.258. The van der Waals surface area contributed by atoms with E-state index in [1.165, 1.54) is 41.6 Å². The first-order chi connectivity index (χ1) is 19.4. The zero-order valence-corrected chi connectivity index (χ0v) is 23.5. The predicted molar refractivity (Wildman–Crippen MR) is 141 cm³/mol. The summed E-state index contributed by atoms with van der Waals surface area (Å²) in [5, 5.41) is 1.89. The van der Waals surface area contributed by atoms with Crippen molar-refractivity contribution < 1.29 is 44.7 Å². The molecule has 1 fully saturated rings. The average Bonchev–Trinajstić information content (AvgIpc) is 3.75. The van der Waals surface area contributed by atoms with Crippen molar-refractivity contribution in [1.29, 1.82) is 0 Å². The number of amides is 2. The van der Waals surface area contributed by atoms with Gasteiger partial charge in [-0.3, -0.25) is 14.6 Å². The third-order valence-electron chi connectivity index (χ3n) is 7.05. The Bertz CT molecular complexity index is 1510. The van der Waals surface area contributed by atoms with Crippen molar-refractivity contribution in [3.63, 3.8) is 0 Å². The molecule has 1 aromatic heterocycles. The van der Waals surface area contributed by atoms with E-state index < -0.39 is 68.5 Å². The van der Waals surface area contributed by atoms with Gasteiger partial charge in [0.25, 0.3) is 11.8 Å². The first-order valence-corrected chi connectivity index (χ1v) is 13.2. The van der Waals surface area contributed by atoms with E-state index in [0.29, 0.717) is 6.07 Å². The predicted octanol–water partition coefficient (Wildman–Crippen LogP) is 8.45. The summed E-state index contributed by atoms with van der Waals surface area (Å²) in [6.45, 7) is 1.77. The van der Waals surface area contributed by atoms with E-state index in [4.69, 9.17) is 0 Å². The number of carbonyl (C=O) groups excluding carboxylic acids is 2. The van der Waals surface area contributed by atoms with Crippen LogP contribution in [0.5, 0.6) is 0 Å². The number of hydrogen-bond acceptors (Lipinski definition) is 3. The van der Waals surface area contributed by atoms with Crippen molar-refractivity contribution in [2.75, 3.05) is 10.2 Å². The fraction of sp³-hybridized carbons (Fsp3) is 0.321. The molecule has 2 aromatic carbocycles. The van der Waals surface area contributed by atoms with Gasteiger partial charge in [0, 0.05) is 28.5 Å². The number of hydrogen-bond donors (Lipinski definition) is 1. The number of alkyl halides is 7. The van der Waals surface area contributed by atoms with E-state index in [1.54, 1.807) is 6.92 Å². The van der Waals surface area contributed by atoms with Gasteiger partial charge in [-0.2, -0.15) is 26.3 Å². The Kier molecular flexibility index (Phi) is 8.42. The van der Waals surface area contributed by atoms with Gasteiger partial charge in [0.05, 0.1) is 22.5 Å². The highest BCUT2D eigenvalue weighted by Crippen LogP contribution is 2.47. The molecule has 0 radical (unpaired) electrons. The summed E-state index contributed by atoms with van der Waals surface area (Å²) in [5.41, 5.74) is -9.20. The van der Waals surface area contributed by atoms with E-state index in [0.717, 1.165) is 18.9 Å². The standard InChI is InChI=1S/C28H22BrF8N3O2/c1-14(15-6-7-15)40(25(42)16-8-10-38-11-9-16)21-5-3-4-18(22(21)30)24(41)39-23-19(27(32,33)34)12-17(13-20(23)29)26(2,31)28(35,36)37/h3-5,8-15H,6-7H2,1-2H3,(H,39,41). The summed E-state index contributed by atoms with van der Waals surface area (Å²) < 4.78 is 111. The van der Waals surface area contributed by atoms with Crippen molar-refractivity contribution in [2.45, 2.75) is 50.8 Å². The molecule has 4 rings (SSSR count). The maximum Gasteiger partial charge on any atom is 0.426 e. The van der Waals surface area contributed by atoms with Crippen LogP contribution >= 0.6 is 15.9 Å². The maximum absolute atomic E-state index is 15.9. The summed E-state index contributed by atoms with van der Waals surface area (Å²) in [6.07, 6.45) is -6.58. The number of carbonyl (C=O) groups is 2. The van der Waals surface area contributed by atoms with Crippen LogP contribution in [0.15, 0.2) is 59.3 Å². The second-order valence-electron chi connectivity index (χ2n) is 9.96. The lowest BCUT2D eigenvalue weighted by molar-refractivity contribution is -0.228. The van der Waals surface area contributed by atoms with E-state index in [-0.39, 0.29) is 30.2 Å². The van der Waals surface area contributed by atoms with Crippen LogP contribution in [0.1, 0.15) is 58.5 Å².